The first-order valence-corrected chi connectivity index (χ1v) is 19.0. The molecular weight excluding hydrogens is 746 g/mol. The topological polar surface area (TPSA) is 185 Å². The number of thioether (sulfide) groups is 2. The molecule has 1 aromatic carbocycles. The fourth-order valence-electron chi connectivity index (χ4n) is 4.46. The quantitative estimate of drug-likeness (QED) is 0.0587. The third kappa shape index (κ3) is 10.1. The zero-order valence-electron chi connectivity index (χ0n) is 29.1. The lowest BCUT2D eigenvalue weighted by Crippen LogP contribution is -2.71. The third-order valence-electron chi connectivity index (χ3n) is 6.70. The fourth-order valence-corrected chi connectivity index (χ4v) is 7.06. The van der Waals surface area contributed by atoms with Crippen LogP contribution in [0.3, 0.4) is 0 Å². The van der Waals surface area contributed by atoms with E-state index >= 15 is 0 Å². The summed E-state index contributed by atoms with van der Waals surface area (Å²) in [6.07, 6.45) is 1.58. The molecule has 2 aliphatic rings. The predicted molar refractivity (Wildman–Crippen MR) is 191 cm³/mol. The van der Waals surface area contributed by atoms with Crippen molar-refractivity contribution in [1.29, 1.82) is 0 Å². The van der Waals surface area contributed by atoms with Crippen LogP contribution in [0.25, 0.3) is 0 Å². The van der Waals surface area contributed by atoms with Gasteiger partial charge in [0.1, 0.15) is 40.7 Å². The maximum Gasteiger partial charge on any atom is 0.369 e. The van der Waals surface area contributed by atoms with Gasteiger partial charge < -0.3 is 29.1 Å². The monoisotopic (exact) mass is 783 g/mol. The van der Waals surface area contributed by atoms with E-state index in [2.05, 4.69) is 19.8 Å². The van der Waals surface area contributed by atoms with Crippen LogP contribution in [0.1, 0.15) is 62.7 Å². The summed E-state index contributed by atoms with van der Waals surface area (Å²) in [5, 5.41) is 5.66. The number of β-lactam (4-membered cyclic amide) rings is 1. The molecule has 0 unspecified atom stereocenters. The lowest BCUT2D eigenvalue weighted by atomic mass is 10.0. The van der Waals surface area contributed by atoms with Crippen LogP contribution >= 0.6 is 46.7 Å². The van der Waals surface area contributed by atoms with Crippen LogP contribution in [-0.4, -0.2) is 103 Å². The zero-order valence-corrected chi connectivity index (χ0v) is 32.3. The second-order valence-electron chi connectivity index (χ2n) is 12.9. The van der Waals surface area contributed by atoms with Crippen LogP contribution in [-0.2, 0) is 44.8 Å². The summed E-state index contributed by atoms with van der Waals surface area (Å²) >= 11 is 9.08. The molecule has 3 atom stereocenters. The molecule has 15 nitrogen and oxygen atoms in total. The van der Waals surface area contributed by atoms with Crippen molar-refractivity contribution in [1.82, 2.24) is 19.6 Å². The molecule has 1 N–H and O–H groups in total. The van der Waals surface area contributed by atoms with Crippen molar-refractivity contribution in [3.8, 4) is 5.75 Å². The molecule has 4 rings (SSSR count). The zero-order chi connectivity index (χ0) is 37.7. The van der Waals surface area contributed by atoms with Crippen LogP contribution in [0.15, 0.2) is 40.7 Å². The van der Waals surface area contributed by atoms with Crippen molar-refractivity contribution in [3.63, 3.8) is 0 Å². The van der Waals surface area contributed by atoms with Gasteiger partial charge in [0.15, 0.2) is 0 Å². The molecule has 0 spiro atoms. The van der Waals surface area contributed by atoms with Crippen molar-refractivity contribution in [2.45, 2.75) is 76.2 Å². The summed E-state index contributed by atoms with van der Waals surface area (Å²) in [5.41, 5.74) is -2.25. The number of ether oxygens (including phenoxy) is 4. The second kappa shape index (κ2) is 16.6. The summed E-state index contributed by atoms with van der Waals surface area (Å²) in [6.45, 7) is 10.0. The van der Waals surface area contributed by atoms with E-state index in [0.717, 1.165) is 11.8 Å². The molecule has 51 heavy (non-hydrogen) atoms. The average Bonchev–Trinajstić information content (AvgIpc) is 3.56. The number of benzene rings is 1. The van der Waals surface area contributed by atoms with Crippen molar-refractivity contribution in [2.75, 3.05) is 25.0 Å². The predicted octanol–water partition coefficient (Wildman–Crippen LogP) is 3.89. The lowest BCUT2D eigenvalue weighted by molar-refractivity contribution is -0.162. The third-order valence-corrected chi connectivity index (χ3v) is 9.76. The largest absolute Gasteiger partial charge is 0.497 e. The molecule has 1 saturated heterocycles. The molecule has 1 fully saturated rings. The van der Waals surface area contributed by atoms with Crippen LogP contribution in [0, 0.1) is 0 Å². The second-order valence-corrected chi connectivity index (χ2v) is 16.0. The Morgan fingerprint density at radius 1 is 1.08 bits per heavy atom. The standard InChI is InChI=1S/C32H38ClN5O10S3/c1-31(2,3)46-28(42)24-35-22(37-51-24)19(36-48-30(49-8)29(43)47-32(4,5)6)23(39)34-20-25(40)38-21(17(13-33)15-50-26(20)38)27(41)45-14-16-9-11-18(44-7)12-10-16/h9-12,20,26,30H,13-15H2,1-8H3,(H,34,39)/b36-19-/t20-,26+,30-/m1/s1. The molecule has 0 aliphatic carbocycles. The molecule has 19 heteroatoms. The summed E-state index contributed by atoms with van der Waals surface area (Å²) in [6, 6.07) is 5.84. The molecule has 2 aromatic rings. The first-order chi connectivity index (χ1) is 24.0. The number of halogens is 1. The number of hydrogen-bond donors (Lipinski definition) is 1. The first-order valence-electron chi connectivity index (χ1n) is 15.4. The maximum atomic E-state index is 13.8. The van der Waals surface area contributed by atoms with E-state index in [9.17, 15) is 24.0 Å². The molecule has 0 radical (unpaired) electrons. The Kier molecular flexibility index (Phi) is 13.0. The summed E-state index contributed by atoms with van der Waals surface area (Å²) in [7, 11) is 1.54. The van der Waals surface area contributed by atoms with Gasteiger partial charge in [-0.2, -0.15) is 4.37 Å². The Morgan fingerprint density at radius 3 is 2.33 bits per heavy atom. The van der Waals surface area contributed by atoms with Crippen LogP contribution in [0.4, 0.5) is 0 Å². The number of alkyl halides is 1. The number of oxime groups is 1. The highest BCUT2D eigenvalue weighted by molar-refractivity contribution is 8.00. The van der Waals surface area contributed by atoms with Crippen molar-refractivity contribution in [2.24, 2.45) is 5.16 Å². The van der Waals surface area contributed by atoms with E-state index in [1.807, 2.05) is 0 Å². The number of carbonyl (C=O) groups excluding carboxylic acids is 5. The summed E-state index contributed by atoms with van der Waals surface area (Å²) < 4.78 is 25.5. The molecule has 0 saturated carbocycles. The van der Waals surface area contributed by atoms with E-state index in [4.69, 9.17) is 35.4 Å². The smallest absolute Gasteiger partial charge is 0.369 e. The molecule has 276 valence electrons. The minimum absolute atomic E-state index is 0.0123. The minimum atomic E-state index is -1.28. The first kappa shape index (κ1) is 39.9. The molecular formula is C32H38ClN5O10S3. The molecule has 2 aliphatic heterocycles. The molecule has 1 aromatic heterocycles. The van der Waals surface area contributed by atoms with E-state index in [1.165, 1.54) is 16.7 Å². The van der Waals surface area contributed by atoms with Crippen LogP contribution in [0.5, 0.6) is 5.75 Å². The van der Waals surface area contributed by atoms with Crippen molar-refractivity contribution in [3.05, 3.63) is 51.9 Å². The number of fused-ring (bicyclic) bond motifs is 1. The highest BCUT2D eigenvalue weighted by Crippen LogP contribution is 2.41. The van der Waals surface area contributed by atoms with Gasteiger partial charge in [0, 0.05) is 11.6 Å². The number of nitrogens with one attached hydrogen (secondary N) is 1. The Hall–Kier alpha value is -3.87. The Balaban J connectivity index is 1.55. The summed E-state index contributed by atoms with van der Waals surface area (Å²) in [5.74, 6) is -3.22. The van der Waals surface area contributed by atoms with Crippen LogP contribution in [0.2, 0.25) is 0 Å². The van der Waals surface area contributed by atoms with Gasteiger partial charge in [-0.25, -0.2) is 19.4 Å². The van der Waals surface area contributed by atoms with E-state index in [-0.39, 0.29) is 29.0 Å². The van der Waals surface area contributed by atoms with Gasteiger partial charge in [-0.3, -0.25) is 14.5 Å². The number of aromatic nitrogens is 2. The number of hydrogen-bond acceptors (Lipinski definition) is 16. The highest BCUT2D eigenvalue weighted by Gasteiger charge is 2.54. The molecule has 0 bridgehead atoms. The van der Waals surface area contributed by atoms with Crippen molar-refractivity contribution >= 4 is 82.1 Å². The number of rotatable bonds is 13. The van der Waals surface area contributed by atoms with Gasteiger partial charge in [0.2, 0.25) is 16.5 Å². The number of amides is 2. The minimum Gasteiger partial charge on any atom is -0.497 e. The molecule has 2 amide bonds. The number of esters is 3. The lowest BCUT2D eigenvalue weighted by Gasteiger charge is -2.49. The van der Waals surface area contributed by atoms with E-state index in [1.54, 1.807) is 79.2 Å². The average molecular weight is 784 g/mol. The van der Waals surface area contributed by atoms with Gasteiger partial charge in [-0.1, -0.05) is 17.3 Å². The fraction of sp³-hybridized carbons (Fsp3) is 0.500. The summed E-state index contributed by atoms with van der Waals surface area (Å²) in [4.78, 5) is 76.8. The Morgan fingerprint density at radius 2 is 1.75 bits per heavy atom. The van der Waals surface area contributed by atoms with Gasteiger partial charge in [0.25, 0.3) is 17.3 Å². The van der Waals surface area contributed by atoms with Gasteiger partial charge >= 0.3 is 17.9 Å². The van der Waals surface area contributed by atoms with Gasteiger partial charge in [-0.05, 0) is 82.6 Å². The number of methoxy groups -OCH3 is 1. The van der Waals surface area contributed by atoms with Crippen LogP contribution < -0.4 is 10.1 Å². The SMILES string of the molecule is COc1ccc(COC(=O)C2=C(CCl)CS[C@H]3[C@H](NC(=O)/C(=N\O[C@H](SC)C(=O)OC(C)(C)C)c4nsc(C(=O)OC(C)(C)C)n4)C(=O)N23)cc1. The number of carbonyl (C=O) groups is 5. The Labute approximate surface area is 312 Å². The van der Waals surface area contributed by atoms with Gasteiger partial charge in [-0.15, -0.1) is 35.1 Å². The van der Waals surface area contributed by atoms with E-state index < -0.39 is 63.5 Å². The van der Waals surface area contributed by atoms with Gasteiger partial charge in [0.05, 0.1) is 7.11 Å². The maximum absolute atomic E-state index is 13.8. The van der Waals surface area contributed by atoms with Crippen molar-refractivity contribution < 1.29 is 47.8 Å². The van der Waals surface area contributed by atoms with E-state index in [0.29, 0.717) is 34.2 Å². The normalized spacial score (nSPS) is 18.3. The highest BCUT2D eigenvalue weighted by atomic mass is 35.5. The molecule has 3 heterocycles. The number of nitrogens with zero attached hydrogens (tertiary/aromatic N) is 4. The Bertz CT molecular complexity index is 1720.